The predicted molar refractivity (Wildman–Crippen MR) is 88.1 cm³/mol. The highest BCUT2D eigenvalue weighted by Crippen LogP contribution is 2.25. The van der Waals surface area contributed by atoms with Crippen LogP contribution in [0.3, 0.4) is 0 Å². The van der Waals surface area contributed by atoms with E-state index >= 15 is 0 Å². The molecule has 0 radical (unpaired) electrons. The second-order valence-electron chi connectivity index (χ2n) is 7.05. The normalized spacial score (nSPS) is 28.0. The smallest absolute Gasteiger partial charge is 0.223 e. The average molecular weight is 337 g/mol. The first kappa shape index (κ1) is 17.3. The van der Waals surface area contributed by atoms with Gasteiger partial charge < -0.3 is 11.1 Å². The number of halogens is 2. The SMILES string of the molecule is NC1CCC(C(=O)NC2CCCN(Cc3c(F)cccc3F)C2)C1. The van der Waals surface area contributed by atoms with Crippen LogP contribution in [0.15, 0.2) is 18.2 Å². The van der Waals surface area contributed by atoms with E-state index in [0.29, 0.717) is 6.54 Å². The molecule has 3 rings (SSSR count). The summed E-state index contributed by atoms with van der Waals surface area (Å²) in [5.41, 5.74) is 5.98. The molecule has 1 saturated carbocycles. The topological polar surface area (TPSA) is 58.4 Å². The lowest BCUT2D eigenvalue weighted by Gasteiger charge is -2.33. The van der Waals surface area contributed by atoms with Gasteiger partial charge in [0, 0.05) is 36.7 Å². The summed E-state index contributed by atoms with van der Waals surface area (Å²) < 4.78 is 27.6. The Hall–Kier alpha value is -1.53. The lowest BCUT2D eigenvalue weighted by atomic mass is 10.0. The van der Waals surface area contributed by atoms with Crippen LogP contribution < -0.4 is 11.1 Å². The van der Waals surface area contributed by atoms with Crippen molar-refractivity contribution in [1.82, 2.24) is 10.2 Å². The fraction of sp³-hybridized carbons (Fsp3) is 0.611. The summed E-state index contributed by atoms with van der Waals surface area (Å²) in [5, 5.41) is 3.10. The van der Waals surface area contributed by atoms with Crippen LogP contribution in [0.4, 0.5) is 8.78 Å². The van der Waals surface area contributed by atoms with Crippen molar-refractivity contribution in [3.05, 3.63) is 35.4 Å². The van der Waals surface area contributed by atoms with E-state index in [4.69, 9.17) is 5.73 Å². The van der Waals surface area contributed by atoms with Crippen molar-refractivity contribution in [2.75, 3.05) is 13.1 Å². The van der Waals surface area contributed by atoms with Crippen molar-refractivity contribution in [2.24, 2.45) is 11.7 Å². The van der Waals surface area contributed by atoms with E-state index in [0.717, 1.165) is 38.6 Å². The minimum Gasteiger partial charge on any atom is -0.352 e. The Kier molecular flexibility index (Phi) is 5.46. The van der Waals surface area contributed by atoms with Crippen LogP contribution in [0.1, 0.15) is 37.7 Å². The van der Waals surface area contributed by atoms with Crippen LogP contribution in [0.2, 0.25) is 0 Å². The van der Waals surface area contributed by atoms with Crippen LogP contribution in [0.5, 0.6) is 0 Å². The van der Waals surface area contributed by atoms with Gasteiger partial charge in [-0.25, -0.2) is 8.78 Å². The highest BCUT2D eigenvalue weighted by molar-refractivity contribution is 5.79. The molecule has 2 aliphatic rings. The highest BCUT2D eigenvalue weighted by atomic mass is 19.1. The van der Waals surface area contributed by atoms with Crippen LogP contribution in [0.25, 0.3) is 0 Å². The highest BCUT2D eigenvalue weighted by Gasteiger charge is 2.30. The quantitative estimate of drug-likeness (QED) is 0.885. The number of carbonyl (C=O) groups excluding carboxylic acids is 1. The molecule has 1 aromatic carbocycles. The third-order valence-electron chi connectivity index (χ3n) is 5.14. The van der Waals surface area contributed by atoms with Gasteiger partial charge in [0.1, 0.15) is 11.6 Å². The van der Waals surface area contributed by atoms with E-state index in [1.807, 2.05) is 4.90 Å². The van der Waals surface area contributed by atoms with E-state index in [1.165, 1.54) is 18.2 Å². The van der Waals surface area contributed by atoms with E-state index in [2.05, 4.69) is 5.32 Å². The second-order valence-corrected chi connectivity index (χ2v) is 7.05. The summed E-state index contributed by atoms with van der Waals surface area (Å²) >= 11 is 0. The number of nitrogens with zero attached hydrogens (tertiary/aromatic N) is 1. The van der Waals surface area contributed by atoms with Crippen molar-refractivity contribution >= 4 is 5.91 Å². The molecule has 3 N–H and O–H groups in total. The van der Waals surface area contributed by atoms with Gasteiger partial charge in [0.2, 0.25) is 5.91 Å². The van der Waals surface area contributed by atoms with Gasteiger partial charge in [-0.2, -0.15) is 0 Å². The van der Waals surface area contributed by atoms with Crippen molar-refractivity contribution in [1.29, 1.82) is 0 Å². The van der Waals surface area contributed by atoms with Gasteiger partial charge in [0.25, 0.3) is 0 Å². The van der Waals surface area contributed by atoms with Crippen molar-refractivity contribution in [3.8, 4) is 0 Å². The number of nitrogens with two attached hydrogens (primary N) is 1. The van der Waals surface area contributed by atoms with Gasteiger partial charge in [0.05, 0.1) is 0 Å². The van der Waals surface area contributed by atoms with Crippen LogP contribution in [-0.2, 0) is 11.3 Å². The minimum atomic E-state index is -0.513. The molecule has 1 aliphatic carbocycles. The lowest BCUT2D eigenvalue weighted by molar-refractivity contribution is -0.125. The summed E-state index contributed by atoms with van der Waals surface area (Å²) in [5.74, 6) is -0.937. The molecule has 1 saturated heterocycles. The number of benzene rings is 1. The van der Waals surface area contributed by atoms with Gasteiger partial charge in [-0.05, 0) is 50.8 Å². The summed E-state index contributed by atoms with van der Waals surface area (Å²) in [6.45, 7) is 1.64. The van der Waals surface area contributed by atoms with Crippen molar-refractivity contribution in [2.45, 2.75) is 50.7 Å². The maximum absolute atomic E-state index is 13.8. The minimum absolute atomic E-state index is 0.0133. The fourth-order valence-electron chi connectivity index (χ4n) is 3.80. The van der Waals surface area contributed by atoms with Crippen molar-refractivity contribution in [3.63, 3.8) is 0 Å². The lowest BCUT2D eigenvalue weighted by Crippen LogP contribution is -2.48. The summed E-state index contributed by atoms with van der Waals surface area (Å²) in [4.78, 5) is 14.3. The maximum atomic E-state index is 13.8. The number of amides is 1. The number of nitrogens with one attached hydrogen (secondary N) is 1. The number of hydrogen-bond acceptors (Lipinski definition) is 3. The first-order valence-corrected chi connectivity index (χ1v) is 8.74. The molecule has 132 valence electrons. The zero-order chi connectivity index (χ0) is 17.1. The summed E-state index contributed by atoms with van der Waals surface area (Å²) in [7, 11) is 0. The maximum Gasteiger partial charge on any atom is 0.223 e. The molecule has 3 atom stereocenters. The van der Waals surface area contributed by atoms with Crippen LogP contribution in [-0.4, -0.2) is 36.0 Å². The molecular weight excluding hydrogens is 312 g/mol. The molecule has 1 aliphatic heterocycles. The summed E-state index contributed by atoms with van der Waals surface area (Å²) in [6, 6.07) is 4.11. The van der Waals surface area contributed by atoms with Crippen LogP contribution >= 0.6 is 0 Å². The number of rotatable bonds is 4. The zero-order valence-electron chi connectivity index (χ0n) is 13.8. The van der Waals surface area contributed by atoms with Gasteiger partial charge in [-0.15, -0.1) is 0 Å². The predicted octanol–water partition coefficient (Wildman–Crippen LogP) is 2.17. The standard InChI is InChI=1S/C18H25F2N3O/c19-16-4-1-5-17(20)15(16)11-23-8-2-3-14(10-23)22-18(24)12-6-7-13(21)9-12/h1,4-5,12-14H,2-3,6-11,21H2,(H,22,24). The van der Waals surface area contributed by atoms with E-state index < -0.39 is 11.6 Å². The Labute approximate surface area is 141 Å². The fourth-order valence-corrected chi connectivity index (χ4v) is 3.80. The van der Waals surface area contributed by atoms with E-state index in [1.54, 1.807) is 0 Å². The Bertz CT molecular complexity index is 575. The molecule has 0 bridgehead atoms. The van der Waals surface area contributed by atoms with E-state index in [9.17, 15) is 13.6 Å². The van der Waals surface area contributed by atoms with Crippen LogP contribution in [0, 0.1) is 17.6 Å². The van der Waals surface area contributed by atoms with Crippen molar-refractivity contribution < 1.29 is 13.6 Å². The van der Waals surface area contributed by atoms with Gasteiger partial charge in [0.15, 0.2) is 0 Å². The Morgan fingerprint density at radius 2 is 2.00 bits per heavy atom. The largest absolute Gasteiger partial charge is 0.352 e. The zero-order valence-corrected chi connectivity index (χ0v) is 13.8. The Morgan fingerprint density at radius 3 is 2.67 bits per heavy atom. The number of carbonyl (C=O) groups is 1. The molecule has 6 heteroatoms. The third-order valence-corrected chi connectivity index (χ3v) is 5.14. The average Bonchev–Trinajstić information content (AvgIpc) is 2.98. The summed E-state index contributed by atoms with van der Waals surface area (Å²) in [6.07, 6.45) is 4.32. The third kappa shape index (κ3) is 4.11. The molecule has 1 amide bonds. The monoisotopic (exact) mass is 337 g/mol. The molecular formula is C18H25F2N3O. The second kappa shape index (κ2) is 7.57. The first-order valence-electron chi connectivity index (χ1n) is 8.74. The number of hydrogen-bond donors (Lipinski definition) is 2. The molecule has 1 aromatic rings. The van der Waals surface area contributed by atoms with Gasteiger partial charge >= 0.3 is 0 Å². The molecule has 2 fully saturated rings. The number of piperidine rings is 1. The number of likely N-dealkylation sites (tertiary alicyclic amines) is 1. The molecule has 0 spiro atoms. The van der Waals surface area contributed by atoms with E-state index in [-0.39, 0.29) is 36.0 Å². The first-order chi connectivity index (χ1) is 11.5. The van der Waals surface area contributed by atoms with Gasteiger partial charge in [-0.1, -0.05) is 6.07 Å². The molecule has 4 nitrogen and oxygen atoms in total. The molecule has 24 heavy (non-hydrogen) atoms. The molecule has 1 heterocycles. The van der Waals surface area contributed by atoms with Gasteiger partial charge in [-0.3, -0.25) is 9.69 Å². The Morgan fingerprint density at radius 1 is 1.25 bits per heavy atom. The molecule has 3 unspecified atom stereocenters. The Balaban J connectivity index is 1.55. The molecule has 0 aromatic heterocycles.